The minimum absolute atomic E-state index is 0. The van der Waals surface area contributed by atoms with Gasteiger partial charge in [-0.05, 0) is 24.6 Å². The SMILES string of the molecule is COc1ccc(NC(N)=NCCCO)cc1Cl.I. The average molecular weight is 386 g/mol. The Labute approximate surface area is 128 Å². The quantitative estimate of drug-likeness (QED) is 0.314. The van der Waals surface area contributed by atoms with E-state index in [4.69, 9.17) is 27.2 Å². The molecule has 102 valence electrons. The fraction of sp³-hybridized carbons (Fsp3) is 0.364. The first-order valence-corrected chi connectivity index (χ1v) is 5.56. The number of guanidine groups is 1. The topological polar surface area (TPSA) is 79.9 Å². The summed E-state index contributed by atoms with van der Waals surface area (Å²) in [4.78, 5) is 4.03. The van der Waals surface area contributed by atoms with Crippen LogP contribution < -0.4 is 15.8 Å². The van der Waals surface area contributed by atoms with Gasteiger partial charge in [-0.15, -0.1) is 24.0 Å². The zero-order valence-electron chi connectivity index (χ0n) is 10.0. The van der Waals surface area contributed by atoms with Crippen molar-refractivity contribution in [1.29, 1.82) is 0 Å². The van der Waals surface area contributed by atoms with Gasteiger partial charge < -0.3 is 20.9 Å². The Bertz CT molecular complexity index is 402. The predicted molar refractivity (Wildman–Crippen MR) is 85.2 cm³/mol. The van der Waals surface area contributed by atoms with Crippen molar-refractivity contribution in [3.05, 3.63) is 23.2 Å². The molecular formula is C11H17ClIN3O2. The molecule has 0 heterocycles. The maximum atomic E-state index is 8.60. The molecule has 1 aromatic rings. The zero-order chi connectivity index (χ0) is 12.7. The van der Waals surface area contributed by atoms with E-state index in [2.05, 4.69) is 10.3 Å². The molecule has 7 heteroatoms. The molecule has 1 rings (SSSR count). The molecule has 0 radical (unpaired) electrons. The van der Waals surface area contributed by atoms with Crippen molar-refractivity contribution in [2.75, 3.05) is 25.6 Å². The Morgan fingerprint density at radius 3 is 2.83 bits per heavy atom. The molecule has 0 bridgehead atoms. The van der Waals surface area contributed by atoms with Crippen LogP contribution in [0.2, 0.25) is 5.02 Å². The van der Waals surface area contributed by atoms with Gasteiger partial charge >= 0.3 is 0 Å². The van der Waals surface area contributed by atoms with Crippen molar-refractivity contribution < 1.29 is 9.84 Å². The van der Waals surface area contributed by atoms with Gasteiger partial charge in [0.15, 0.2) is 5.96 Å². The third-order valence-corrected chi connectivity index (χ3v) is 2.32. The van der Waals surface area contributed by atoms with Gasteiger partial charge in [0.05, 0.1) is 12.1 Å². The standard InChI is InChI=1S/C11H16ClN3O2.HI/c1-17-10-4-3-8(7-9(10)12)15-11(13)14-5-2-6-16;/h3-4,7,16H,2,5-6H2,1H3,(H3,13,14,15);1H. The molecule has 0 aliphatic heterocycles. The van der Waals surface area contributed by atoms with Crippen molar-refractivity contribution in [1.82, 2.24) is 0 Å². The van der Waals surface area contributed by atoms with Crippen molar-refractivity contribution >= 4 is 47.2 Å². The summed E-state index contributed by atoms with van der Waals surface area (Å²) >= 11 is 5.96. The number of benzene rings is 1. The van der Waals surface area contributed by atoms with Gasteiger partial charge in [0.2, 0.25) is 0 Å². The van der Waals surface area contributed by atoms with Crippen LogP contribution in [0.15, 0.2) is 23.2 Å². The minimum atomic E-state index is 0. The van der Waals surface area contributed by atoms with E-state index in [1.165, 1.54) is 0 Å². The highest BCUT2D eigenvalue weighted by Crippen LogP contribution is 2.26. The summed E-state index contributed by atoms with van der Waals surface area (Å²) in [5.74, 6) is 0.896. The maximum absolute atomic E-state index is 8.60. The number of methoxy groups -OCH3 is 1. The first kappa shape index (κ1) is 17.3. The molecule has 0 saturated heterocycles. The minimum Gasteiger partial charge on any atom is -0.495 e. The van der Waals surface area contributed by atoms with Crippen molar-refractivity contribution in [3.63, 3.8) is 0 Å². The monoisotopic (exact) mass is 385 g/mol. The van der Waals surface area contributed by atoms with Crippen LogP contribution in [-0.2, 0) is 0 Å². The largest absolute Gasteiger partial charge is 0.495 e. The Morgan fingerprint density at radius 1 is 1.56 bits per heavy atom. The number of nitrogens with two attached hydrogens (primary N) is 1. The molecular weight excluding hydrogens is 368 g/mol. The number of aliphatic hydroxyl groups is 1. The number of nitrogens with zero attached hydrogens (tertiary/aromatic N) is 1. The molecule has 4 N–H and O–H groups in total. The number of halogens is 2. The van der Waals surface area contributed by atoms with E-state index >= 15 is 0 Å². The third kappa shape index (κ3) is 5.74. The van der Waals surface area contributed by atoms with Crippen molar-refractivity contribution in [2.45, 2.75) is 6.42 Å². The van der Waals surface area contributed by atoms with E-state index in [0.717, 1.165) is 5.69 Å². The molecule has 0 aliphatic rings. The Morgan fingerprint density at radius 2 is 2.28 bits per heavy atom. The number of hydrogen-bond donors (Lipinski definition) is 3. The van der Waals surface area contributed by atoms with Gasteiger partial charge in [-0.1, -0.05) is 11.6 Å². The highest BCUT2D eigenvalue weighted by Gasteiger charge is 2.02. The third-order valence-electron chi connectivity index (χ3n) is 2.02. The Hall–Kier alpha value is -0.730. The normalized spacial score (nSPS) is 10.7. The van der Waals surface area contributed by atoms with Crippen LogP contribution in [0.4, 0.5) is 5.69 Å². The van der Waals surface area contributed by atoms with Gasteiger partial charge in [0, 0.05) is 18.8 Å². The molecule has 0 aromatic heterocycles. The highest BCUT2D eigenvalue weighted by molar-refractivity contribution is 14.0. The van der Waals surface area contributed by atoms with Crippen LogP contribution in [0.3, 0.4) is 0 Å². The molecule has 0 amide bonds. The summed E-state index contributed by atoms with van der Waals surface area (Å²) < 4.78 is 5.04. The average Bonchev–Trinajstić information content (AvgIpc) is 2.29. The van der Waals surface area contributed by atoms with Gasteiger partial charge in [-0.25, -0.2) is 0 Å². The fourth-order valence-corrected chi connectivity index (χ4v) is 1.46. The van der Waals surface area contributed by atoms with E-state index in [1.54, 1.807) is 25.3 Å². The van der Waals surface area contributed by atoms with Crippen LogP contribution in [-0.4, -0.2) is 31.3 Å². The lowest BCUT2D eigenvalue weighted by Gasteiger charge is -2.08. The molecule has 0 atom stereocenters. The summed E-state index contributed by atoms with van der Waals surface area (Å²) in [5.41, 5.74) is 6.39. The molecule has 0 unspecified atom stereocenters. The van der Waals surface area contributed by atoms with Gasteiger partial charge in [0.1, 0.15) is 5.75 Å². The number of anilines is 1. The van der Waals surface area contributed by atoms with E-state index in [1.807, 2.05) is 0 Å². The van der Waals surface area contributed by atoms with Gasteiger partial charge in [-0.3, -0.25) is 4.99 Å². The Balaban J connectivity index is 0.00000289. The summed E-state index contributed by atoms with van der Waals surface area (Å²) in [6.07, 6.45) is 0.589. The lowest BCUT2D eigenvalue weighted by atomic mass is 10.3. The Kier molecular flexibility index (Phi) is 8.86. The van der Waals surface area contributed by atoms with Crippen LogP contribution in [0.1, 0.15) is 6.42 Å². The van der Waals surface area contributed by atoms with E-state index in [0.29, 0.717) is 29.7 Å². The lowest BCUT2D eigenvalue weighted by molar-refractivity contribution is 0.291. The predicted octanol–water partition coefficient (Wildman–Crippen LogP) is 2.08. The lowest BCUT2D eigenvalue weighted by Crippen LogP contribution is -2.22. The van der Waals surface area contributed by atoms with Crippen LogP contribution in [0.5, 0.6) is 5.75 Å². The molecule has 0 fully saturated rings. The molecule has 5 nitrogen and oxygen atoms in total. The number of aliphatic hydroxyl groups excluding tert-OH is 1. The maximum Gasteiger partial charge on any atom is 0.193 e. The van der Waals surface area contributed by atoms with Crippen LogP contribution in [0.25, 0.3) is 0 Å². The zero-order valence-corrected chi connectivity index (χ0v) is 13.1. The van der Waals surface area contributed by atoms with Crippen LogP contribution >= 0.6 is 35.6 Å². The van der Waals surface area contributed by atoms with Crippen LogP contribution in [0, 0.1) is 0 Å². The summed E-state index contributed by atoms with van der Waals surface area (Å²) in [5, 5.41) is 12.0. The van der Waals surface area contributed by atoms with Gasteiger partial charge in [0.25, 0.3) is 0 Å². The first-order valence-electron chi connectivity index (χ1n) is 5.18. The van der Waals surface area contributed by atoms with Crippen molar-refractivity contribution in [3.8, 4) is 5.75 Å². The molecule has 1 aromatic carbocycles. The second kappa shape index (κ2) is 9.23. The van der Waals surface area contributed by atoms with E-state index < -0.39 is 0 Å². The number of aliphatic imine (C=N–C) groups is 1. The summed E-state index contributed by atoms with van der Waals surface area (Å²) in [7, 11) is 1.55. The summed E-state index contributed by atoms with van der Waals surface area (Å²) in [6, 6.07) is 5.24. The second-order valence-corrected chi connectivity index (χ2v) is 3.73. The second-order valence-electron chi connectivity index (χ2n) is 3.32. The smallest absolute Gasteiger partial charge is 0.193 e. The van der Waals surface area contributed by atoms with Gasteiger partial charge in [-0.2, -0.15) is 0 Å². The molecule has 0 saturated carbocycles. The first-order chi connectivity index (χ1) is 8.17. The number of ether oxygens (including phenoxy) is 1. The number of nitrogens with one attached hydrogen (secondary N) is 1. The molecule has 0 aliphatic carbocycles. The van der Waals surface area contributed by atoms with E-state index in [9.17, 15) is 0 Å². The number of hydrogen-bond acceptors (Lipinski definition) is 3. The molecule has 0 spiro atoms. The van der Waals surface area contributed by atoms with Crippen molar-refractivity contribution in [2.24, 2.45) is 10.7 Å². The number of rotatable bonds is 5. The van der Waals surface area contributed by atoms with E-state index in [-0.39, 0.29) is 30.6 Å². The fourth-order valence-electron chi connectivity index (χ4n) is 1.20. The highest BCUT2D eigenvalue weighted by atomic mass is 127. The molecule has 18 heavy (non-hydrogen) atoms. The summed E-state index contributed by atoms with van der Waals surface area (Å²) in [6.45, 7) is 0.588.